The molecule has 1 rings (SSSR count). The summed E-state index contributed by atoms with van der Waals surface area (Å²) >= 11 is 0. The van der Waals surface area contributed by atoms with Crippen molar-refractivity contribution in [2.24, 2.45) is 0 Å². The number of rotatable bonds is 6. The standard InChI is InChI=1S/C13H19F3N2O/c1-3-19-7-6-18(2)9-10-4-5-11(17)8-12(10)13(14,15)16/h4-5,8H,3,6-7,9,17H2,1-2H3. The van der Waals surface area contributed by atoms with Gasteiger partial charge in [-0.15, -0.1) is 0 Å². The number of nitrogens with zero attached hydrogens (tertiary/aromatic N) is 1. The van der Waals surface area contributed by atoms with E-state index in [1.165, 1.54) is 12.1 Å². The van der Waals surface area contributed by atoms with E-state index in [2.05, 4.69) is 0 Å². The maximum Gasteiger partial charge on any atom is 0.416 e. The molecule has 0 aliphatic carbocycles. The van der Waals surface area contributed by atoms with Crippen LogP contribution in [0.15, 0.2) is 18.2 Å². The van der Waals surface area contributed by atoms with Crippen molar-refractivity contribution in [1.29, 1.82) is 0 Å². The van der Waals surface area contributed by atoms with E-state index in [0.717, 1.165) is 6.07 Å². The van der Waals surface area contributed by atoms with Gasteiger partial charge in [0.05, 0.1) is 12.2 Å². The first kappa shape index (κ1) is 15.8. The summed E-state index contributed by atoms with van der Waals surface area (Å²) in [4.78, 5) is 1.79. The highest BCUT2D eigenvalue weighted by molar-refractivity contribution is 5.46. The minimum absolute atomic E-state index is 0.119. The molecule has 0 bridgehead atoms. The second-order valence-electron chi connectivity index (χ2n) is 4.35. The molecule has 0 atom stereocenters. The number of nitrogens with two attached hydrogens (primary N) is 1. The molecule has 108 valence electrons. The Morgan fingerprint density at radius 2 is 2.00 bits per heavy atom. The number of hydrogen-bond acceptors (Lipinski definition) is 3. The van der Waals surface area contributed by atoms with Gasteiger partial charge in [-0.1, -0.05) is 6.07 Å². The fraction of sp³-hybridized carbons (Fsp3) is 0.538. The SMILES string of the molecule is CCOCCN(C)Cc1ccc(N)cc1C(F)(F)F. The summed E-state index contributed by atoms with van der Waals surface area (Å²) < 4.78 is 43.8. The molecule has 0 radical (unpaired) electrons. The third-order valence-corrected chi connectivity index (χ3v) is 2.70. The highest BCUT2D eigenvalue weighted by atomic mass is 19.4. The zero-order chi connectivity index (χ0) is 14.5. The second kappa shape index (κ2) is 6.77. The van der Waals surface area contributed by atoms with Crippen LogP contribution in [0.4, 0.5) is 18.9 Å². The Kier molecular flexibility index (Phi) is 5.62. The van der Waals surface area contributed by atoms with Crippen LogP contribution in [-0.2, 0) is 17.5 Å². The van der Waals surface area contributed by atoms with Crippen LogP contribution in [0.25, 0.3) is 0 Å². The molecule has 1 aromatic rings. The number of alkyl halides is 3. The van der Waals surface area contributed by atoms with Crippen LogP contribution >= 0.6 is 0 Å². The number of halogens is 3. The lowest BCUT2D eigenvalue weighted by atomic mass is 10.1. The fourth-order valence-corrected chi connectivity index (χ4v) is 1.73. The maximum atomic E-state index is 12.9. The van der Waals surface area contributed by atoms with Gasteiger partial charge < -0.3 is 10.5 Å². The van der Waals surface area contributed by atoms with Crippen LogP contribution in [-0.4, -0.2) is 31.7 Å². The summed E-state index contributed by atoms with van der Waals surface area (Å²) in [6, 6.07) is 3.89. The number of likely N-dealkylation sites (N-methyl/N-ethyl adjacent to an activating group) is 1. The van der Waals surface area contributed by atoms with Crippen LogP contribution in [0.3, 0.4) is 0 Å². The van der Waals surface area contributed by atoms with Gasteiger partial charge in [0, 0.05) is 25.4 Å². The lowest BCUT2D eigenvalue weighted by molar-refractivity contribution is -0.138. The summed E-state index contributed by atoms with van der Waals surface area (Å²) in [6.45, 7) is 3.77. The second-order valence-corrected chi connectivity index (χ2v) is 4.35. The van der Waals surface area contributed by atoms with Gasteiger partial charge in [-0.05, 0) is 31.7 Å². The molecule has 0 aliphatic heterocycles. The molecule has 0 amide bonds. The smallest absolute Gasteiger partial charge is 0.399 e. The molecule has 3 nitrogen and oxygen atoms in total. The van der Waals surface area contributed by atoms with E-state index in [1.807, 2.05) is 6.92 Å². The van der Waals surface area contributed by atoms with Crippen LogP contribution in [0.1, 0.15) is 18.1 Å². The topological polar surface area (TPSA) is 38.5 Å². The molecule has 2 N–H and O–H groups in total. The van der Waals surface area contributed by atoms with E-state index in [4.69, 9.17) is 10.5 Å². The molecule has 0 saturated carbocycles. The Morgan fingerprint density at radius 1 is 1.32 bits per heavy atom. The van der Waals surface area contributed by atoms with E-state index in [-0.39, 0.29) is 17.8 Å². The van der Waals surface area contributed by atoms with Crippen LogP contribution in [0, 0.1) is 0 Å². The zero-order valence-corrected chi connectivity index (χ0v) is 11.1. The van der Waals surface area contributed by atoms with Gasteiger partial charge in [0.1, 0.15) is 0 Å². The molecule has 0 saturated heterocycles. The molecular formula is C13H19F3N2O. The van der Waals surface area contributed by atoms with Crippen molar-refractivity contribution in [2.45, 2.75) is 19.6 Å². The van der Waals surface area contributed by atoms with E-state index in [0.29, 0.717) is 19.8 Å². The predicted molar refractivity (Wildman–Crippen MR) is 68.7 cm³/mol. The summed E-state index contributed by atoms with van der Waals surface area (Å²) in [7, 11) is 1.76. The Labute approximate surface area is 111 Å². The van der Waals surface area contributed by atoms with Crippen molar-refractivity contribution in [3.63, 3.8) is 0 Å². The minimum atomic E-state index is -4.38. The number of hydrogen-bond donors (Lipinski definition) is 1. The van der Waals surface area contributed by atoms with Crippen molar-refractivity contribution in [3.05, 3.63) is 29.3 Å². The van der Waals surface area contributed by atoms with Crippen molar-refractivity contribution >= 4 is 5.69 Å². The van der Waals surface area contributed by atoms with Gasteiger partial charge >= 0.3 is 6.18 Å². The Balaban J connectivity index is 2.77. The third kappa shape index (κ3) is 5.08. The molecule has 0 aliphatic rings. The number of benzene rings is 1. The summed E-state index contributed by atoms with van der Waals surface area (Å²) in [6.07, 6.45) is -4.38. The highest BCUT2D eigenvalue weighted by Gasteiger charge is 2.33. The number of ether oxygens (including phenoxy) is 1. The first-order chi connectivity index (χ1) is 8.84. The van der Waals surface area contributed by atoms with Gasteiger partial charge in [0.2, 0.25) is 0 Å². The molecule has 0 heterocycles. The summed E-state index contributed by atoms with van der Waals surface area (Å²) in [5.74, 6) is 0. The lowest BCUT2D eigenvalue weighted by Crippen LogP contribution is -2.24. The Bertz CT molecular complexity index is 407. The maximum absolute atomic E-state index is 12.9. The van der Waals surface area contributed by atoms with E-state index >= 15 is 0 Å². The molecule has 0 aromatic heterocycles. The first-order valence-electron chi connectivity index (χ1n) is 6.06. The number of nitrogen functional groups attached to an aromatic ring is 1. The van der Waals surface area contributed by atoms with E-state index in [9.17, 15) is 13.2 Å². The van der Waals surface area contributed by atoms with Crippen LogP contribution in [0.5, 0.6) is 0 Å². The summed E-state index contributed by atoms with van der Waals surface area (Å²) in [5, 5.41) is 0. The highest BCUT2D eigenvalue weighted by Crippen LogP contribution is 2.33. The van der Waals surface area contributed by atoms with E-state index in [1.54, 1.807) is 11.9 Å². The van der Waals surface area contributed by atoms with Crippen molar-refractivity contribution in [3.8, 4) is 0 Å². The van der Waals surface area contributed by atoms with Crippen LogP contribution < -0.4 is 5.73 Å². The van der Waals surface area contributed by atoms with Gasteiger partial charge in [-0.25, -0.2) is 0 Å². The predicted octanol–water partition coefficient (Wildman–Crippen LogP) is 2.76. The third-order valence-electron chi connectivity index (χ3n) is 2.70. The Hall–Kier alpha value is -1.27. The van der Waals surface area contributed by atoms with Crippen molar-refractivity contribution in [1.82, 2.24) is 4.90 Å². The first-order valence-corrected chi connectivity index (χ1v) is 6.06. The minimum Gasteiger partial charge on any atom is -0.399 e. The molecule has 1 aromatic carbocycles. The quantitative estimate of drug-likeness (QED) is 0.641. The van der Waals surface area contributed by atoms with Gasteiger partial charge in [-0.2, -0.15) is 13.2 Å². The zero-order valence-electron chi connectivity index (χ0n) is 11.1. The van der Waals surface area contributed by atoms with E-state index < -0.39 is 11.7 Å². The molecule has 0 fully saturated rings. The Morgan fingerprint density at radius 3 is 2.58 bits per heavy atom. The summed E-state index contributed by atoms with van der Waals surface area (Å²) in [5.41, 5.74) is 5.09. The van der Waals surface area contributed by atoms with Crippen molar-refractivity contribution in [2.75, 3.05) is 32.5 Å². The molecular weight excluding hydrogens is 257 g/mol. The van der Waals surface area contributed by atoms with Gasteiger partial charge in [0.15, 0.2) is 0 Å². The van der Waals surface area contributed by atoms with Gasteiger partial charge in [-0.3, -0.25) is 4.90 Å². The fourth-order valence-electron chi connectivity index (χ4n) is 1.73. The monoisotopic (exact) mass is 276 g/mol. The largest absolute Gasteiger partial charge is 0.416 e. The molecule has 0 spiro atoms. The van der Waals surface area contributed by atoms with Crippen molar-refractivity contribution < 1.29 is 17.9 Å². The van der Waals surface area contributed by atoms with Crippen LogP contribution in [0.2, 0.25) is 0 Å². The molecule has 19 heavy (non-hydrogen) atoms. The molecule has 0 unspecified atom stereocenters. The average molecular weight is 276 g/mol. The number of anilines is 1. The lowest BCUT2D eigenvalue weighted by Gasteiger charge is -2.20. The normalized spacial score (nSPS) is 12.1. The van der Waals surface area contributed by atoms with Gasteiger partial charge in [0.25, 0.3) is 0 Å². The average Bonchev–Trinajstić information content (AvgIpc) is 2.30. The molecule has 6 heteroatoms.